The van der Waals surface area contributed by atoms with Crippen LogP contribution in [0.3, 0.4) is 0 Å². The number of fused-ring (bicyclic) bond motifs is 4. The summed E-state index contributed by atoms with van der Waals surface area (Å²) < 4.78 is 1.60. The summed E-state index contributed by atoms with van der Waals surface area (Å²) in [7, 11) is 0. The molecule has 4 heterocycles. The summed E-state index contributed by atoms with van der Waals surface area (Å²) in [5, 5.41) is 4.88. The van der Waals surface area contributed by atoms with Gasteiger partial charge in [-0.3, -0.25) is 14.4 Å². The van der Waals surface area contributed by atoms with E-state index in [2.05, 4.69) is 16.1 Å². The highest BCUT2D eigenvalue weighted by atomic mass is 16.2. The zero-order chi connectivity index (χ0) is 22.5. The average Bonchev–Trinajstić information content (AvgIpc) is 3.48. The number of anilines is 1. The lowest BCUT2D eigenvalue weighted by Gasteiger charge is -2.33. The molecule has 1 N–H and O–H groups in total. The normalized spacial score (nSPS) is 16.5. The smallest absolute Gasteiger partial charge is 0.259 e. The van der Waals surface area contributed by atoms with Gasteiger partial charge in [0.25, 0.3) is 11.5 Å². The molecule has 0 bridgehead atoms. The van der Waals surface area contributed by atoms with Crippen LogP contribution in [0.1, 0.15) is 28.8 Å². The highest BCUT2D eigenvalue weighted by molar-refractivity contribution is 6.01. The molecule has 8 heteroatoms. The molecule has 2 amide bonds. The van der Waals surface area contributed by atoms with Crippen molar-refractivity contribution in [3.63, 3.8) is 0 Å². The van der Waals surface area contributed by atoms with E-state index in [0.717, 1.165) is 18.7 Å². The van der Waals surface area contributed by atoms with Gasteiger partial charge in [-0.15, -0.1) is 0 Å². The highest BCUT2D eigenvalue weighted by Gasteiger charge is 2.34. The topological polar surface area (TPSA) is 90.8 Å². The van der Waals surface area contributed by atoms with Gasteiger partial charge in [-0.1, -0.05) is 30.3 Å². The summed E-state index contributed by atoms with van der Waals surface area (Å²) in [6.07, 6.45) is 3.66. The molecular formula is C25H23N5O3. The number of aromatic amines is 1. The number of rotatable bonds is 2. The zero-order valence-corrected chi connectivity index (χ0v) is 18.0. The minimum Gasteiger partial charge on any atom is -0.338 e. The molecule has 2 aromatic heterocycles. The summed E-state index contributed by atoms with van der Waals surface area (Å²) in [4.78, 5) is 45.4. The maximum atomic E-state index is 13.3. The molecule has 8 nitrogen and oxygen atoms in total. The van der Waals surface area contributed by atoms with Crippen LogP contribution in [0.4, 0.5) is 5.69 Å². The lowest BCUT2D eigenvalue weighted by atomic mass is 9.95. The van der Waals surface area contributed by atoms with Crippen molar-refractivity contribution in [3.05, 3.63) is 76.2 Å². The molecule has 2 aromatic carbocycles. The van der Waals surface area contributed by atoms with E-state index in [1.807, 2.05) is 35.2 Å². The average molecular weight is 441 g/mol. The third kappa shape index (κ3) is 3.13. The number of carbonyl (C=O) groups excluding carboxylic acids is 2. The molecule has 0 saturated carbocycles. The van der Waals surface area contributed by atoms with E-state index >= 15 is 0 Å². The van der Waals surface area contributed by atoms with Gasteiger partial charge in [0, 0.05) is 31.2 Å². The van der Waals surface area contributed by atoms with Gasteiger partial charge >= 0.3 is 0 Å². The molecule has 4 aromatic rings. The van der Waals surface area contributed by atoms with Gasteiger partial charge in [0.2, 0.25) is 5.91 Å². The first-order valence-electron chi connectivity index (χ1n) is 11.3. The maximum Gasteiger partial charge on any atom is 0.259 e. The predicted octanol–water partition coefficient (Wildman–Crippen LogP) is 2.62. The van der Waals surface area contributed by atoms with Gasteiger partial charge in [-0.2, -0.15) is 5.10 Å². The van der Waals surface area contributed by atoms with Crippen LogP contribution >= 0.6 is 0 Å². The minimum atomic E-state index is -0.247. The Kier molecular flexibility index (Phi) is 4.53. The van der Waals surface area contributed by atoms with Crippen LogP contribution in [-0.2, 0) is 11.2 Å². The second-order valence-corrected chi connectivity index (χ2v) is 8.72. The minimum absolute atomic E-state index is 0.0899. The van der Waals surface area contributed by atoms with E-state index in [1.54, 1.807) is 21.5 Å². The van der Waals surface area contributed by atoms with Gasteiger partial charge in [0.15, 0.2) is 0 Å². The van der Waals surface area contributed by atoms with Crippen LogP contribution in [0, 0.1) is 5.92 Å². The summed E-state index contributed by atoms with van der Waals surface area (Å²) in [5.74, 6) is -0.111. The Bertz CT molecular complexity index is 1460. The van der Waals surface area contributed by atoms with Crippen molar-refractivity contribution >= 4 is 34.1 Å². The standard InChI is InChI=1S/C25H23N5O3/c31-23-18-6-2-4-8-21(18)30-22(27-23)19(15-26-30)25(33)28-12-9-17(10-13-28)24(32)29-14-11-16-5-1-3-7-20(16)29/h1-8,15,17H,9-14H2,(H,27,31). The summed E-state index contributed by atoms with van der Waals surface area (Å²) in [6, 6.07) is 15.2. The largest absolute Gasteiger partial charge is 0.338 e. The van der Waals surface area contributed by atoms with E-state index in [4.69, 9.17) is 0 Å². The van der Waals surface area contributed by atoms with Gasteiger partial charge in [0.05, 0.1) is 17.1 Å². The number of nitrogens with one attached hydrogen (secondary N) is 1. The van der Waals surface area contributed by atoms with Crippen LogP contribution in [0.5, 0.6) is 0 Å². The Labute approximate surface area is 189 Å². The van der Waals surface area contributed by atoms with Crippen LogP contribution < -0.4 is 10.5 Å². The van der Waals surface area contributed by atoms with Crippen molar-refractivity contribution in [1.29, 1.82) is 0 Å². The van der Waals surface area contributed by atoms with Gasteiger partial charge in [-0.05, 0) is 43.0 Å². The third-order valence-corrected chi connectivity index (χ3v) is 6.89. The lowest BCUT2D eigenvalue weighted by molar-refractivity contribution is -0.123. The number of benzene rings is 2. The first-order chi connectivity index (χ1) is 16.1. The fourth-order valence-electron chi connectivity index (χ4n) is 5.12. The third-order valence-electron chi connectivity index (χ3n) is 6.89. The summed E-state index contributed by atoms with van der Waals surface area (Å²) in [6.45, 7) is 1.72. The number of aromatic nitrogens is 3. The van der Waals surface area contributed by atoms with Crippen molar-refractivity contribution in [2.45, 2.75) is 19.3 Å². The van der Waals surface area contributed by atoms with Crippen molar-refractivity contribution in [3.8, 4) is 0 Å². The quantitative estimate of drug-likeness (QED) is 0.518. The molecule has 0 unspecified atom stereocenters. The van der Waals surface area contributed by atoms with Crippen molar-refractivity contribution in [2.75, 3.05) is 24.5 Å². The molecule has 0 atom stereocenters. The number of H-pyrrole nitrogens is 1. The van der Waals surface area contributed by atoms with Crippen molar-refractivity contribution in [2.24, 2.45) is 5.92 Å². The second-order valence-electron chi connectivity index (χ2n) is 8.72. The van der Waals surface area contributed by atoms with E-state index < -0.39 is 0 Å². The Balaban J connectivity index is 1.20. The number of amides is 2. The Hall–Kier alpha value is -3.94. The molecular weight excluding hydrogens is 418 g/mol. The number of hydrogen-bond acceptors (Lipinski definition) is 4. The van der Waals surface area contributed by atoms with Crippen molar-refractivity contribution in [1.82, 2.24) is 19.5 Å². The molecule has 1 fully saturated rings. The van der Waals surface area contributed by atoms with E-state index in [0.29, 0.717) is 48.0 Å². The second kappa shape index (κ2) is 7.58. The Morgan fingerprint density at radius 1 is 0.970 bits per heavy atom. The van der Waals surface area contributed by atoms with E-state index in [-0.39, 0.29) is 23.3 Å². The molecule has 2 aliphatic heterocycles. The van der Waals surface area contributed by atoms with Gasteiger partial charge in [0.1, 0.15) is 11.2 Å². The van der Waals surface area contributed by atoms with Crippen LogP contribution in [0.2, 0.25) is 0 Å². The number of hydrogen-bond donors (Lipinski definition) is 1. The Morgan fingerprint density at radius 3 is 2.58 bits per heavy atom. The maximum absolute atomic E-state index is 13.3. The van der Waals surface area contributed by atoms with Crippen LogP contribution in [0.25, 0.3) is 16.6 Å². The van der Waals surface area contributed by atoms with Crippen LogP contribution in [-0.4, -0.2) is 50.9 Å². The van der Waals surface area contributed by atoms with Gasteiger partial charge < -0.3 is 14.8 Å². The molecule has 2 aliphatic rings. The molecule has 0 aliphatic carbocycles. The molecule has 0 radical (unpaired) electrons. The first-order valence-corrected chi connectivity index (χ1v) is 11.3. The Morgan fingerprint density at radius 2 is 1.73 bits per heavy atom. The monoisotopic (exact) mass is 441 g/mol. The van der Waals surface area contributed by atoms with E-state index in [1.165, 1.54) is 11.8 Å². The summed E-state index contributed by atoms with van der Waals surface area (Å²) in [5.41, 5.74) is 3.41. The molecule has 6 rings (SSSR count). The van der Waals surface area contributed by atoms with E-state index in [9.17, 15) is 14.4 Å². The number of para-hydroxylation sites is 2. The van der Waals surface area contributed by atoms with Gasteiger partial charge in [-0.25, -0.2) is 4.52 Å². The number of carbonyl (C=O) groups is 2. The van der Waals surface area contributed by atoms with Crippen LogP contribution in [0.15, 0.2) is 59.5 Å². The predicted molar refractivity (Wildman–Crippen MR) is 124 cm³/mol. The molecule has 166 valence electrons. The van der Waals surface area contributed by atoms with Crippen molar-refractivity contribution < 1.29 is 9.59 Å². The fourth-order valence-corrected chi connectivity index (χ4v) is 5.12. The SMILES string of the molecule is O=C(c1cnn2c1[nH]c(=O)c1ccccc12)N1CCC(C(=O)N2CCc3ccccc32)CC1. The number of piperidine rings is 1. The zero-order valence-electron chi connectivity index (χ0n) is 18.0. The number of nitrogens with zero attached hydrogens (tertiary/aromatic N) is 4. The number of likely N-dealkylation sites (tertiary alicyclic amines) is 1. The molecule has 0 spiro atoms. The lowest BCUT2D eigenvalue weighted by Crippen LogP contribution is -2.44. The molecule has 33 heavy (non-hydrogen) atoms. The fraction of sp³-hybridized carbons (Fsp3) is 0.280. The highest BCUT2D eigenvalue weighted by Crippen LogP contribution is 2.31. The summed E-state index contributed by atoms with van der Waals surface area (Å²) >= 11 is 0. The first kappa shape index (κ1) is 19.7. The molecule has 1 saturated heterocycles.